The van der Waals surface area contributed by atoms with Crippen molar-refractivity contribution in [3.8, 4) is 0 Å². The van der Waals surface area contributed by atoms with Gasteiger partial charge in [-0.25, -0.2) is 4.79 Å². The van der Waals surface area contributed by atoms with Crippen molar-refractivity contribution >= 4 is 29.2 Å². The first kappa shape index (κ1) is 17.3. The van der Waals surface area contributed by atoms with E-state index in [0.717, 1.165) is 11.3 Å². The number of nitrogens with one attached hydrogen (secondary N) is 1. The van der Waals surface area contributed by atoms with Crippen molar-refractivity contribution in [2.45, 2.75) is 19.0 Å². The molecule has 2 aromatic carbocycles. The van der Waals surface area contributed by atoms with E-state index in [-0.39, 0.29) is 11.9 Å². The number of carbonyl (C=O) groups excluding carboxylic acids is 2. The van der Waals surface area contributed by atoms with Gasteiger partial charge in [0.25, 0.3) is 0 Å². The van der Waals surface area contributed by atoms with Crippen LogP contribution in [0.5, 0.6) is 0 Å². The lowest BCUT2D eigenvalue weighted by molar-refractivity contribution is -0.118. The smallest absolute Gasteiger partial charge is 0.318 e. The van der Waals surface area contributed by atoms with Crippen LogP contribution >= 0.6 is 11.6 Å². The summed E-state index contributed by atoms with van der Waals surface area (Å²) in [6, 6.07) is 16.1. The van der Waals surface area contributed by atoms with Crippen LogP contribution in [0.15, 0.2) is 54.6 Å². The molecule has 130 valence electrons. The maximum atomic E-state index is 12.5. The molecule has 1 aliphatic heterocycles. The van der Waals surface area contributed by atoms with Crippen LogP contribution < -0.4 is 10.2 Å². The number of hydrogen-bond acceptors (Lipinski definition) is 2. The van der Waals surface area contributed by atoms with E-state index in [4.69, 9.17) is 11.6 Å². The summed E-state index contributed by atoms with van der Waals surface area (Å²) in [5, 5.41) is 3.49. The van der Waals surface area contributed by atoms with E-state index in [2.05, 4.69) is 5.32 Å². The maximum Gasteiger partial charge on any atom is 0.318 e. The van der Waals surface area contributed by atoms with E-state index in [1.54, 1.807) is 29.0 Å². The van der Waals surface area contributed by atoms with Crippen molar-refractivity contribution in [2.75, 3.05) is 18.5 Å². The Morgan fingerprint density at radius 2 is 1.88 bits per heavy atom. The molecular formula is C19H20ClN3O2. The van der Waals surface area contributed by atoms with Gasteiger partial charge in [0.15, 0.2) is 0 Å². The van der Waals surface area contributed by atoms with Gasteiger partial charge in [0.05, 0.1) is 0 Å². The van der Waals surface area contributed by atoms with Gasteiger partial charge in [-0.15, -0.1) is 0 Å². The van der Waals surface area contributed by atoms with Crippen LogP contribution in [0.1, 0.15) is 12.0 Å². The van der Waals surface area contributed by atoms with Gasteiger partial charge in [0.2, 0.25) is 5.91 Å². The van der Waals surface area contributed by atoms with Crippen LogP contribution in [-0.2, 0) is 11.3 Å². The Balaban J connectivity index is 1.57. The molecule has 2 aromatic rings. The zero-order valence-corrected chi connectivity index (χ0v) is 14.7. The third-order valence-electron chi connectivity index (χ3n) is 4.25. The zero-order valence-electron chi connectivity index (χ0n) is 14.0. The first-order valence-corrected chi connectivity index (χ1v) is 8.55. The summed E-state index contributed by atoms with van der Waals surface area (Å²) in [5.74, 6) is -0.0700. The van der Waals surface area contributed by atoms with E-state index in [9.17, 15) is 9.59 Å². The third kappa shape index (κ3) is 4.12. The second-order valence-electron chi connectivity index (χ2n) is 6.10. The highest BCUT2D eigenvalue weighted by Crippen LogP contribution is 2.21. The summed E-state index contributed by atoms with van der Waals surface area (Å²) < 4.78 is 0. The minimum absolute atomic E-state index is 0.0700. The average molecular weight is 358 g/mol. The van der Waals surface area contributed by atoms with E-state index in [0.29, 0.717) is 24.5 Å². The van der Waals surface area contributed by atoms with Gasteiger partial charge < -0.3 is 15.1 Å². The SMILES string of the molecule is CN(Cc1ccc(Cl)cc1)C(=O)NC1CCN(c2ccccc2)C1=O. The molecule has 0 bridgehead atoms. The number of benzene rings is 2. The summed E-state index contributed by atoms with van der Waals surface area (Å²) in [5.41, 5.74) is 1.84. The van der Waals surface area contributed by atoms with E-state index in [1.165, 1.54) is 0 Å². The molecule has 6 heteroatoms. The lowest BCUT2D eigenvalue weighted by Crippen LogP contribution is -2.46. The van der Waals surface area contributed by atoms with E-state index < -0.39 is 6.04 Å². The molecule has 5 nitrogen and oxygen atoms in total. The Morgan fingerprint density at radius 1 is 1.20 bits per heavy atom. The number of nitrogens with zero attached hydrogens (tertiary/aromatic N) is 2. The van der Waals surface area contributed by atoms with Gasteiger partial charge in [-0.1, -0.05) is 41.9 Å². The summed E-state index contributed by atoms with van der Waals surface area (Å²) >= 11 is 5.87. The minimum Gasteiger partial charge on any atom is -0.326 e. The molecule has 1 unspecified atom stereocenters. The van der Waals surface area contributed by atoms with Gasteiger partial charge in [0.1, 0.15) is 6.04 Å². The van der Waals surface area contributed by atoms with Gasteiger partial charge in [-0.05, 0) is 36.2 Å². The average Bonchev–Trinajstić information content (AvgIpc) is 2.98. The highest BCUT2D eigenvalue weighted by molar-refractivity contribution is 6.30. The summed E-state index contributed by atoms with van der Waals surface area (Å²) in [6.45, 7) is 1.06. The molecule has 3 rings (SSSR count). The highest BCUT2D eigenvalue weighted by atomic mass is 35.5. The lowest BCUT2D eigenvalue weighted by atomic mass is 10.2. The Kier molecular flexibility index (Phi) is 5.24. The van der Waals surface area contributed by atoms with Crippen LogP contribution in [-0.4, -0.2) is 36.5 Å². The number of rotatable bonds is 4. The predicted octanol–water partition coefficient (Wildman–Crippen LogP) is 3.29. The highest BCUT2D eigenvalue weighted by Gasteiger charge is 2.34. The molecule has 25 heavy (non-hydrogen) atoms. The molecular weight excluding hydrogens is 338 g/mol. The number of urea groups is 1. The molecule has 1 aliphatic rings. The second kappa shape index (κ2) is 7.57. The Hall–Kier alpha value is -2.53. The molecule has 0 saturated carbocycles. The third-order valence-corrected chi connectivity index (χ3v) is 4.50. The Morgan fingerprint density at radius 3 is 2.56 bits per heavy atom. The first-order valence-electron chi connectivity index (χ1n) is 8.17. The molecule has 0 aromatic heterocycles. The van der Waals surface area contributed by atoms with Crippen LogP contribution in [0.3, 0.4) is 0 Å². The fourth-order valence-corrected chi connectivity index (χ4v) is 3.00. The van der Waals surface area contributed by atoms with Crippen LogP contribution in [0.4, 0.5) is 10.5 Å². The summed E-state index contributed by atoms with van der Waals surface area (Å²) in [4.78, 5) is 28.2. The van der Waals surface area contributed by atoms with Gasteiger partial charge in [-0.2, -0.15) is 0 Å². The van der Waals surface area contributed by atoms with Crippen LogP contribution in [0, 0.1) is 0 Å². The van der Waals surface area contributed by atoms with Gasteiger partial charge in [0, 0.05) is 30.8 Å². The molecule has 1 saturated heterocycles. The van der Waals surface area contributed by atoms with Crippen molar-refractivity contribution in [3.05, 3.63) is 65.2 Å². The fourth-order valence-electron chi connectivity index (χ4n) is 2.87. The number of hydrogen-bond donors (Lipinski definition) is 1. The number of para-hydroxylation sites is 1. The van der Waals surface area contributed by atoms with Gasteiger partial charge in [-0.3, -0.25) is 4.79 Å². The number of anilines is 1. The van der Waals surface area contributed by atoms with Crippen LogP contribution in [0.2, 0.25) is 5.02 Å². The van der Waals surface area contributed by atoms with Crippen molar-refractivity contribution in [3.63, 3.8) is 0 Å². The second-order valence-corrected chi connectivity index (χ2v) is 6.54. The summed E-state index contributed by atoms with van der Waals surface area (Å²) in [7, 11) is 1.71. The van der Waals surface area contributed by atoms with Crippen molar-refractivity contribution in [2.24, 2.45) is 0 Å². The predicted molar refractivity (Wildman–Crippen MR) is 98.7 cm³/mol. The van der Waals surface area contributed by atoms with Crippen molar-refractivity contribution in [1.29, 1.82) is 0 Å². The molecule has 1 atom stereocenters. The quantitative estimate of drug-likeness (QED) is 0.912. The topological polar surface area (TPSA) is 52.7 Å². The van der Waals surface area contributed by atoms with E-state index in [1.807, 2.05) is 42.5 Å². The molecule has 0 radical (unpaired) electrons. The van der Waals surface area contributed by atoms with Crippen molar-refractivity contribution in [1.82, 2.24) is 10.2 Å². The summed E-state index contributed by atoms with van der Waals surface area (Å²) in [6.07, 6.45) is 0.605. The lowest BCUT2D eigenvalue weighted by Gasteiger charge is -2.21. The minimum atomic E-state index is -0.486. The number of amides is 3. The molecule has 1 fully saturated rings. The fraction of sp³-hybridized carbons (Fsp3) is 0.263. The maximum absolute atomic E-state index is 12.5. The van der Waals surface area contributed by atoms with Gasteiger partial charge >= 0.3 is 6.03 Å². The number of halogens is 1. The molecule has 0 spiro atoms. The molecule has 0 aliphatic carbocycles. The largest absolute Gasteiger partial charge is 0.326 e. The Bertz CT molecular complexity index is 749. The molecule has 3 amide bonds. The number of carbonyl (C=O) groups is 2. The molecule has 1 heterocycles. The first-order chi connectivity index (χ1) is 12.0. The van der Waals surface area contributed by atoms with E-state index >= 15 is 0 Å². The normalized spacial score (nSPS) is 16.8. The Labute approximate surface area is 152 Å². The monoisotopic (exact) mass is 357 g/mol. The van der Waals surface area contributed by atoms with Crippen LogP contribution in [0.25, 0.3) is 0 Å². The van der Waals surface area contributed by atoms with Crippen molar-refractivity contribution < 1.29 is 9.59 Å². The zero-order chi connectivity index (χ0) is 17.8. The molecule has 1 N–H and O–H groups in total. The standard InChI is InChI=1S/C19H20ClN3O2/c1-22(13-14-7-9-15(20)10-8-14)19(25)21-17-11-12-23(18(17)24)16-5-3-2-4-6-16/h2-10,17H,11-13H2,1H3,(H,21,25).